The van der Waals surface area contributed by atoms with Crippen molar-refractivity contribution in [3.05, 3.63) is 88.2 Å². The third-order valence-corrected chi connectivity index (χ3v) is 9.79. The van der Waals surface area contributed by atoms with Gasteiger partial charge in [-0.15, -0.1) is 0 Å². The summed E-state index contributed by atoms with van der Waals surface area (Å²) in [5.41, 5.74) is -1.69. The van der Waals surface area contributed by atoms with Crippen LogP contribution in [0.4, 0.5) is 23.2 Å². The molecule has 0 aliphatic carbocycles. The van der Waals surface area contributed by atoms with Gasteiger partial charge in [-0.3, -0.25) is 34.2 Å². The summed E-state index contributed by atoms with van der Waals surface area (Å²) in [4.78, 5) is 65.6. The van der Waals surface area contributed by atoms with E-state index in [4.69, 9.17) is 24.2 Å². The quantitative estimate of drug-likeness (QED) is 0.119. The van der Waals surface area contributed by atoms with E-state index in [2.05, 4.69) is 10.6 Å². The summed E-state index contributed by atoms with van der Waals surface area (Å²) in [6.07, 6.45) is -5.87. The maximum Gasteiger partial charge on any atom is 0.417 e. The van der Waals surface area contributed by atoms with Crippen molar-refractivity contribution in [2.24, 2.45) is 5.41 Å². The highest BCUT2D eigenvalue weighted by Gasteiger charge is 2.49. The number of amides is 5. The summed E-state index contributed by atoms with van der Waals surface area (Å²) in [7, 11) is 0. The van der Waals surface area contributed by atoms with E-state index in [1.54, 1.807) is 26.0 Å². The molecule has 3 aromatic carbocycles. The molecule has 2 atom stereocenters. The standard InChI is InChI=1S/C40H39F4N5O9/c1-39(2)22-48(38(54)34(39)58-26-9-7-23(20-45)28(19-26)40(42,43)44)21-24-6-8-25(18-29(24)41)46-12-13-55-14-15-56-16-17-57-31-5-3-4-27-33(31)37(53)49(36(27)52)30-10-11-32(50)47-35(30)51/h3-9,18-19,30,34,46H,10-17,21-22H2,1-2H3,(H,47,50,51). The van der Waals surface area contributed by atoms with Crippen LogP contribution in [0, 0.1) is 22.6 Å². The molecule has 18 heteroatoms. The van der Waals surface area contributed by atoms with Crippen LogP contribution in [-0.2, 0) is 36.6 Å². The van der Waals surface area contributed by atoms with Crippen molar-refractivity contribution >= 4 is 35.2 Å². The minimum Gasteiger partial charge on any atom is -0.490 e. The average Bonchev–Trinajstić information content (AvgIpc) is 3.55. The zero-order valence-electron chi connectivity index (χ0n) is 31.4. The number of nitrogens with one attached hydrogen (secondary N) is 2. The number of fused-ring (bicyclic) bond motifs is 1. The monoisotopic (exact) mass is 809 g/mol. The van der Waals surface area contributed by atoms with Gasteiger partial charge in [0.05, 0.1) is 54.8 Å². The number of rotatable bonds is 16. The first-order chi connectivity index (χ1) is 27.6. The average molecular weight is 810 g/mol. The normalized spacial score (nSPS) is 18.9. The number of ether oxygens (including phenoxy) is 4. The topological polar surface area (TPSA) is 177 Å². The molecule has 0 radical (unpaired) electrons. The molecule has 14 nitrogen and oxygen atoms in total. The van der Waals surface area contributed by atoms with Crippen LogP contribution in [0.5, 0.6) is 11.5 Å². The van der Waals surface area contributed by atoms with Gasteiger partial charge in [-0.05, 0) is 48.9 Å². The molecule has 306 valence electrons. The summed E-state index contributed by atoms with van der Waals surface area (Å²) in [6, 6.07) is 12.4. The number of alkyl halides is 3. The van der Waals surface area contributed by atoms with Gasteiger partial charge in [0, 0.05) is 42.7 Å². The number of benzene rings is 3. The van der Waals surface area contributed by atoms with E-state index in [0.29, 0.717) is 18.3 Å². The van der Waals surface area contributed by atoms with Gasteiger partial charge in [-0.1, -0.05) is 26.0 Å². The van der Waals surface area contributed by atoms with Crippen LogP contribution in [-0.4, -0.2) is 97.6 Å². The predicted octanol–water partition coefficient (Wildman–Crippen LogP) is 4.46. The summed E-state index contributed by atoms with van der Waals surface area (Å²) < 4.78 is 78.1. The Morgan fingerprint density at radius 2 is 1.69 bits per heavy atom. The van der Waals surface area contributed by atoms with Gasteiger partial charge in [0.2, 0.25) is 11.8 Å². The molecule has 3 aromatic rings. The smallest absolute Gasteiger partial charge is 0.417 e. The first kappa shape index (κ1) is 41.6. The number of halogens is 4. The van der Waals surface area contributed by atoms with Crippen LogP contribution >= 0.6 is 0 Å². The second-order valence-corrected chi connectivity index (χ2v) is 14.4. The molecule has 3 aliphatic rings. The van der Waals surface area contributed by atoms with E-state index >= 15 is 4.39 Å². The third-order valence-electron chi connectivity index (χ3n) is 9.79. The minimum absolute atomic E-state index is 0.0123. The Morgan fingerprint density at radius 1 is 0.948 bits per heavy atom. The van der Waals surface area contributed by atoms with Gasteiger partial charge in [-0.2, -0.15) is 18.4 Å². The Morgan fingerprint density at radius 3 is 2.40 bits per heavy atom. The Balaban J connectivity index is 0.891. The number of hydrogen-bond acceptors (Lipinski definition) is 11. The fourth-order valence-electron chi connectivity index (χ4n) is 6.96. The van der Waals surface area contributed by atoms with Crippen LogP contribution in [0.2, 0.25) is 0 Å². The highest BCUT2D eigenvalue weighted by atomic mass is 19.4. The number of piperidine rings is 1. The van der Waals surface area contributed by atoms with Crippen molar-refractivity contribution in [2.45, 2.75) is 51.6 Å². The number of likely N-dealkylation sites (tertiary alicyclic amines) is 1. The van der Waals surface area contributed by atoms with E-state index in [9.17, 15) is 37.1 Å². The van der Waals surface area contributed by atoms with E-state index in [0.717, 1.165) is 11.0 Å². The fraction of sp³-hybridized carbons (Fsp3) is 0.400. The van der Waals surface area contributed by atoms with Crippen molar-refractivity contribution in [1.82, 2.24) is 15.1 Å². The lowest BCUT2D eigenvalue weighted by atomic mass is 9.89. The Labute approximate surface area is 329 Å². The van der Waals surface area contributed by atoms with Crippen molar-refractivity contribution in [3.63, 3.8) is 0 Å². The number of anilines is 1. The first-order valence-electron chi connectivity index (χ1n) is 18.3. The Bertz CT molecular complexity index is 2160. The van der Waals surface area contributed by atoms with Crippen LogP contribution < -0.4 is 20.1 Å². The molecular formula is C40H39F4N5O9. The second kappa shape index (κ2) is 17.2. The maximum absolute atomic E-state index is 15.1. The van der Waals surface area contributed by atoms with E-state index < -0.39 is 70.2 Å². The van der Waals surface area contributed by atoms with E-state index in [1.807, 2.05) is 0 Å². The van der Waals surface area contributed by atoms with E-state index in [1.165, 1.54) is 41.3 Å². The molecule has 2 N–H and O–H groups in total. The van der Waals surface area contributed by atoms with Crippen molar-refractivity contribution in [2.75, 3.05) is 51.4 Å². The molecule has 0 spiro atoms. The van der Waals surface area contributed by atoms with Gasteiger partial charge in [0.25, 0.3) is 17.7 Å². The maximum atomic E-state index is 15.1. The molecule has 0 aromatic heterocycles. The van der Waals surface area contributed by atoms with Crippen molar-refractivity contribution in [1.29, 1.82) is 5.26 Å². The number of carbonyl (C=O) groups excluding carboxylic acids is 5. The largest absolute Gasteiger partial charge is 0.490 e. The minimum atomic E-state index is -4.79. The Kier molecular flexibility index (Phi) is 12.3. The van der Waals surface area contributed by atoms with Crippen molar-refractivity contribution < 1.29 is 60.5 Å². The highest BCUT2D eigenvalue weighted by molar-refractivity contribution is 6.24. The predicted molar refractivity (Wildman–Crippen MR) is 195 cm³/mol. The van der Waals surface area contributed by atoms with Gasteiger partial charge < -0.3 is 29.2 Å². The molecule has 0 bridgehead atoms. The van der Waals surface area contributed by atoms with Gasteiger partial charge >= 0.3 is 6.18 Å². The van der Waals surface area contributed by atoms with Crippen LogP contribution in [0.3, 0.4) is 0 Å². The zero-order valence-corrected chi connectivity index (χ0v) is 31.4. The van der Waals surface area contributed by atoms with E-state index in [-0.39, 0.29) is 87.2 Å². The summed E-state index contributed by atoms with van der Waals surface area (Å²) in [5, 5.41) is 14.3. The number of nitriles is 1. The molecule has 3 aliphatic heterocycles. The molecule has 2 fully saturated rings. The van der Waals surface area contributed by atoms with Gasteiger partial charge in [-0.25, -0.2) is 4.39 Å². The second-order valence-electron chi connectivity index (χ2n) is 14.4. The summed E-state index contributed by atoms with van der Waals surface area (Å²) in [6.45, 7) is 4.80. The molecule has 5 amide bonds. The summed E-state index contributed by atoms with van der Waals surface area (Å²) in [5.74, 6) is -3.58. The third kappa shape index (κ3) is 9.05. The molecule has 3 heterocycles. The lowest BCUT2D eigenvalue weighted by molar-refractivity contribution is -0.138. The number of imide groups is 2. The summed E-state index contributed by atoms with van der Waals surface area (Å²) >= 11 is 0. The van der Waals surface area contributed by atoms with Crippen LogP contribution in [0.1, 0.15) is 64.1 Å². The lowest BCUT2D eigenvalue weighted by Gasteiger charge is -2.27. The van der Waals surface area contributed by atoms with Gasteiger partial charge in [0.1, 0.15) is 30.0 Å². The molecule has 2 unspecified atom stereocenters. The van der Waals surface area contributed by atoms with Crippen LogP contribution in [0.15, 0.2) is 54.6 Å². The molecule has 6 rings (SSSR count). The van der Waals surface area contributed by atoms with Gasteiger partial charge in [0.15, 0.2) is 6.10 Å². The molecule has 58 heavy (non-hydrogen) atoms. The first-order valence-corrected chi connectivity index (χ1v) is 18.3. The fourth-order valence-corrected chi connectivity index (χ4v) is 6.96. The molecular weight excluding hydrogens is 770 g/mol. The number of hydrogen-bond donors (Lipinski definition) is 2. The zero-order chi connectivity index (χ0) is 41.8. The van der Waals surface area contributed by atoms with Crippen LogP contribution in [0.25, 0.3) is 0 Å². The van der Waals surface area contributed by atoms with Crippen molar-refractivity contribution in [3.8, 4) is 17.6 Å². The number of carbonyl (C=O) groups is 5. The number of nitrogens with zero attached hydrogens (tertiary/aromatic N) is 3. The lowest BCUT2D eigenvalue weighted by Crippen LogP contribution is -2.54. The Hall–Kier alpha value is -6.06. The SMILES string of the molecule is CC1(C)CN(Cc2ccc(NCCOCCOCCOc3cccc4c3C(=O)N(C3CCC(=O)NC3=O)C4=O)cc2F)C(=O)C1Oc1ccc(C#N)c(C(F)(F)F)c1. The molecule has 2 saturated heterocycles. The highest BCUT2D eigenvalue weighted by Crippen LogP contribution is 2.39. The molecule has 0 saturated carbocycles.